The summed E-state index contributed by atoms with van der Waals surface area (Å²) in [5, 5.41) is 5.48. The molecule has 0 saturated carbocycles. The minimum Gasteiger partial charge on any atom is -0.487 e. The summed E-state index contributed by atoms with van der Waals surface area (Å²) < 4.78 is 7.98. The normalized spacial score (nSPS) is 11.3. The molecule has 152 valence electrons. The fraction of sp³-hybridized carbons (Fsp3) is 0.0476. The van der Waals surface area contributed by atoms with Crippen LogP contribution in [0.4, 0.5) is 5.95 Å². The Hall–Kier alpha value is -1.56. The largest absolute Gasteiger partial charge is 0.487 e. The third-order valence-electron chi connectivity index (χ3n) is 4.18. The topological polar surface area (TPSA) is 62.3 Å². The van der Waals surface area contributed by atoms with Gasteiger partial charge in [0.1, 0.15) is 12.4 Å². The molecule has 0 aliphatic carbocycles. The second-order valence-corrected chi connectivity index (χ2v) is 9.48. The number of benzene rings is 3. The van der Waals surface area contributed by atoms with Crippen molar-refractivity contribution in [2.45, 2.75) is 6.61 Å². The lowest BCUT2D eigenvalue weighted by Crippen LogP contribution is -2.01. The van der Waals surface area contributed by atoms with Gasteiger partial charge in [-0.1, -0.05) is 41.4 Å². The van der Waals surface area contributed by atoms with Gasteiger partial charge in [-0.2, -0.15) is 5.10 Å². The van der Waals surface area contributed by atoms with Crippen LogP contribution in [0.25, 0.3) is 11.0 Å². The van der Waals surface area contributed by atoms with Gasteiger partial charge in [0, 0.05) is 15.6 Å². The summed E-state index contributed by atoms with van der Waals surface area (Å²) in [5.41, 5.74) is 6.62. The fourth-order valence-electron chi connectivity index (χ4n) is 2.75. The van der Waals surface area contributed by atoms with Gasteiger partial charge in [0.15, 0.2) is 0 Å². The Morgan fingerprint density at radius 3 is 2.57 bits per heavy atom. The minimum absolute atomic E-state index is 0.364. The summed E-state index contributed by atoms with van der Waals surface area (Å²) in [6.07, 6.45) is 1.75. The number of imidazole rings is 1. The van der Waals surface area contributed by atoms with E-state index < -0.39 is 0 Å². The number of nitrogens with one attached hydrogen (secondary N) is 2. The van der Waals surface area contributed by atoms with E-state index in [0.29, 0.717) is 22.6 Å². The molecule has 0 aliphatic heterocycles. The van der Waals surface area contributed by atoms with Gasteiger partial charge in [-0.15, -0.1) is 0 Å². The van der Waals surface area contributed by atoms with Crippen molar-refractivity contribution < 1.29 is 4.74 Å². The summed E-state index contributed by atoms with van der Waals surface area (Å²) in [7, 11) is 0. The Labute approximate surface area is 210 Å². The zero-order valence-corrected chi connectivity index (χ0v) is 21.1. The van der Waals surface area contributed by atoms with E-state index in [9.17, 15) is 0 Å². The van der Waals surface area contributed by atoms with Gasteiger partial charge in [-0.05, 0) is 87.1 Å². The van der Waals surface area contributed by atoms with Crippen molar-refractivity contribution in [3.8, 4) is 5.75 Å². The number of fused-ring (bicyclic) bond motifs is 1. The van der Waals surface area contributed by atoms with E-state index in [1.54, 1.807) is 18.3 Å². The first-order valence-electron chi connectivity index (χ1n) is 8.79. The van der Waals surface area contributed by atoms with E-state index >= 15 is 0 Å². The lowest BCUT2D eigenvalue weighted by molar-refractivity contribution is 0.302. The fourth-order valence-corrected chi connectivity index (χ4v) is 5.35. The third-order valence-corrected chi connectivity index (χ3v) is 6.37. The summed E-state index contributed by atoms with van der Waals surface area (Å²) in [5.74, 6) is 1.40. The number of H-pyrrole nitrogens is 1. The molecule has 3 aromatic carbocycles. The highest BCUT2D eigenvalue weighted by molar-refractivity contribution is 14.1. The molecule has 4 aromatic rings. The van der Waals surface area contributed by atoms with Crippen molar-refractivity contribution in [3.63, 3.8) is 0 Å². The molecular weight excluding hydrogens is 649 g/mol. The third kappa shape index (κ3) is 5.19. The molecule has 0 spiro atoms. The molecule has 0 fully saturated rings. The van der Waals surface area contributed by atoms with Crippen LogP contribution in [-0.4, -0.2) is 16.2 Å². The number of nitrogens with zero attached hydrogens (tertiary/aromatic N) is 2. The first-order chi connectivity index (χ1) is 14.5. The summed E-state index contributed by atoms with van der Waals surface area (Å²) in [6.45, 7) is 0.364. The minimum atomic E-state index is 0.364. The summed E-state index contributed by atoms with van der Waals surface area (Å²) in [6, 6.07) is 17.2. The number of aromatic amines is 1. The van der Waals surface area contributed by atoms with Crippen molar-refractivity contribution in [1.29, 1.82) is 0 Å². The molecule has 1 aromatic heterocycles. The predicted molar refractivity (Wildman–Crippen MR) is 140 cm³/mol. The molecule has 2 N–H and O–H groups in total. The monoisotopic (exact) mass is 662 g/mol. The van der Waals surface area contributed by atoms with Crippen molar-refractivity contribution in [2.24, 2.45) is 5.10 Å². The van der Waals surface area contributed by atoms with Crippen LogP contribution in [-0.2, 0) is 6.61 Å². The molecule has 0 bridgehead atoms. The highest BCUT2D eigenvalue weighted by atomic mass is 127. The summed E-state index contributed by atoms with van der Waals surface area (Å²) >= 11 is 16.7. The second-order valence-electron chi connectivity index (χ2n) is 6.31. The second kappa shape index (κ2) is 9.71. The van der Waals surface area contributed by atoms with Crippen LogP contribution in [0.1, 0.15) is 11.1 Å². The molecule has 0 atom stereocenters. The molecular formula is C21H14Cl2I2N4O. The van der Waals surface area contributed by atoms with Gasteiger partial charge in [0.2, 0.25) is 5.95 Å². The number of para-hydroxylation sites is 2. The van der Waals surface area contributed by atoms with Crippen LogP contribution in [0.15, 0.2) is 59.7 Å². The number of hydrazone groups is 1. The maximum Gasteiger partial charge on any atom is 0.222 e. The maximum absolute atomic E-state index is 6.23. The number of hydrogen-bond donors (Lipinski definition) is 2. The lowest BCUT2D eigenvalue weighted by atomic mass is 10.2. The van der Waals surface area contributed by atoms with E-state index in [2.05, 4.69) is 65.7 Å². The number of ether oxygens (including phenoxy) is 1. The van der Waals surface area contributed by atoms with E-state index in [1.165, 1.54) is 0 Å². The van der Waals surface area contributed by atoms with Gasteiger partial charge in [-0.25, -0.2) is 10.4 Å². The van der Waals surface area contributed by atoms with E-state index in [1.807, 2.05) is 42.5 Å². The van der Waals surface area contributed by atoms with Crippen LogP contribution in [0.2, 0.25) is 10.0 Å². The number of hydrogen-bond acceptors (Lipinski definition) is 4. The number of aromatic nitrogens is 2. The van der Waals surface area contributed by atoms with Crippen molar-refractivity contribution in [3.05, 3.63) is 82.9 Å². The smallest absolute Gasteiger partial charge is 0.222 e. The van der Waals surface area contributed by atoms with Crippen LogP contribution in [0, 0.1) is 7.14 Å². The molecule has 0 radical (unpaired) electrons. The van der Waals surface area contributed by atoms with Crippen molar-refractivity contribution in [1.82, 2.24) is 9.97 Å². The number of rotatable bonds is 6. The zero-order chi connectivity index (χ0) is 21.1. The first-order valence-corrected chi connectivity index (χ1v) is 11.7. The van der Waals surface area contributed by atoms with Crippen LogP contribution >= 0.6 is 68.4 Å². The Morgan fingerprint density at radius 2 is 1.83 bits per heavy atom. The number of anilines is 1. The highest BCUT2D eigenvalue weighted by Gasteiger charge is 2.10. The zero-order valence-electron chi connectivity index (χ0n) is 15.3. The van der Waals surface area contributed by atoms with E-state index in [4.69, 9.17) is 27.9 Å². The molecule has 0 unspecified atom stereocenters. The van der Waals surface area contributed by atoms with Gasteiger partial charge in [-0.3, -0.25) is 0 Å². The molecule has 5 nitrogen and oxygen atoms in total. The maximum atomic E-state index is 6.23. The van der Waals surface area contributed by atoms with Gasteiger partial charge >= 0.3 is 0 Å². The molecule has 9 heteroatoms. The van der Waals surface area contributed by atoms with Crippen LogP contribution in [0.5, 0.6) is 5.75 Å². The molecule has 0 aliphatic rings. The highest BCUT2D eigenvalue weighted by Crippen LogP contribution is 2.30. The summed E-state index contributed by atoms with van der Waals surface area (Å²) in [4.78, 5) is 7.61. The van der Waals surface area contributed by atoms with Crippen LogP contribution in [0.3, 0.4) is 0 Å². The molecule has 4 rings (SSSR count). The molecule has 0 saturated heterocycles. The van der Waals surface area contributed by atoms with Crippen molar-refractivity contribution in [2.75, 3.05) is 5.43 Å². The Kier molecular flexibility index (Phi) is 7.01. The number of halogens is 4. The van der Waals surface area contributed by atoms with Gasteiger partial charge in [0.25, 0.3) is 0 Å². The van der Waals surface area contributed by atoms with E-state index in [-0.39, 0.29) is 0 Å². The Bertz CT molecular complexity index is 1190. The van der Waals surface area contributed by atoms with Crippen LogP contribution < -0.4 is 10.2 Å². The first kappa shape index (κ1) is 21.7. The predicted octanol–water partition coefficient (Wildman–Crippen LogP) is 7.10. The van der Waals surface area contributed by atoms with Gasteiger partial charge in [0.05, 0.1) is 24.4 Å². The molecule has 30 heavy (non-hydrogen) atoms. The Balaban J connectivity index is 1.44. The molecule has 0 amide bonds. The average Bonchev–Trinajstić information content (AvgIpc) is 3.11. The molecule has 1 heterocycles. The lowest BCUT2D eigenvalue weighted by Gasteiger charge is -2.12. The van der Waals surface area contributed by atoms with Gasteiger partial charge < -0.3 is 9.72 Å². The Morgan fingerprint density at radius 1 is 1.07 bits per heavy atom. The SMILES string of the molecule is Clc1ccc(COc2c(I)cc(/C=N/Nc3nc4ccccc4[nH]3)cc2I)c(Cl)c1. The van der Waals surface area contributed by atoms with Crippen molar-refractivity contribution >= 4 is 91.6 Å². The van der Waals surface area contributed by atoms with E-state index in [0.717, 1.165) is 35.1 Å². The quantitative estimate of drug-likeness (QED) is 0.132. The average molecular weight is 663 g/mol. The standard InChI is InChI=1S/C21H14Cl2I2N4O/c22-14-6-5-13(15(23)9-14)11-30-20-16(24)7-12(8-17(20)25)10-26-29-21-27-18-3-1-2-4-19(18)28-21/h1-10H,11H2,(H2,27,28,29)/b26-10+.